The van der Waals surface area contributed by atoms with Crippen LogP contribution in [0.4, 0.5) is 22.0 Å². The molecular weight excluding hydrogens is 295 g/mol. The number of carbonyl (C=O) groups excluding carboxylic acids is 1. The summed E-state index contributed by atoms with van der Waals surface area (Å²) in [4.78, 5) is 11.6. The van der Waals surface area contributed by atoms with Crippen LogP contribution >= 0.6 is 0 Å². The number of alkyl halides is 5. The fraction of sp³-hybridized carbons (Fsp3) is 0.462. The van der Waals surface area contributed by atoms with Gasteiger partial charge in [0.05, 0.1) is 18.2 Å². The van der Waals surface area contributed by atoms with E-state index in [1.165, 1.54) is 12.1 Å². The average molecular weight is 308 g/mol. The van der Waals surface area contributed by atoms with Gasteiger partial charge in [0.25, 0.3) is 5.92 Å². The largest absolute Gasteiger partial charge is 0.416 e. The van der Waals surface area contributed by atoms with Crippen molar-refractivity contribution < 1.29 is 26.7 Å². The fourth-order valence-corrected chi connectivity index (χ4v) is 2.02. The molecule has 0 aliphatic carbocycles. The standard InChI is InChI=1S/C13H13F5N2O/c14-12(15)5-10(20-7-12)11(21)19-6-8-1-3-9(4-2-8)13(16,17)18/h1-4,10,20H,5-7H2,(H,19,21)/t10-/m1/s1. The Hall–Kier alpha value is -1.70. The molecule has 1 aliphatic heterocycles. The maximum atomic E-state index is 12.9. The number of amides is 1. The van der Waals surface area contributed by atoms with E-state index in [1.54, 1.807) is 0 Å². The van der Waals surface area contributed by atoms with Crippen LogP contribution in [0.2, 0.25) is 0 Å². The summed E-state index contributed by atoms with van der Waals surface area (Å²) in [7, 11) is 0. The lowest BCUT2D eigenvalue weighted by Crippen LogP contribution is -2.40. The van der Waals surface area contributed by atoms with Gasteiger partial charge in [-0.2, -0.15) is 13.2 Å². The minimum atomic E-state index is -4.42. The molecule has 21 heavy (non-hydrogen) atoms. The fourth-order valence-electron chi connectivity index (χ4n) is 2.02. The molecule has 3 nitrogen and oxygen atoms in total. The van der Waals surface area contributed by atoms with Crippen molar-refractivity contribution in [3.8, 4) is 0 Å². The van der Waals surface area contributed by atoms with Crippen LogP contribution in [0.5, 0.6) is 0 Å². The lowest BCUT2D eigenvalue weighted by atomic mass is 10.1. The first kappa shape index (κ1) is 15.7. The topological polar surface area (TPSA) is 41.1 Å². The predicted octanol–water partition coefficient (Wildman–Crippen LogP) is 2.32. The molecule has 0 spiro atoms. The van der Waals surface area contributed by atoms with Gasteiger partial charge in [0.2, 0.25) is 5.91 Å². The normalized spacial score (nSPS) is 21.3. The highest BCUT2D eigenvalue weighted by molar-refractivity contribution is 5.82. The molecule has 1 heterocycles. The molecule has 1 aromatic carbocycles. The van der Waals surface area contributed by atoms with Crippen LogP contribution in [0.25, 0.3) is 0 Å². The van der Waals surface area contributed by atoms with E-state index in [-0.39, 0.29) is 6.54 Å². The van der Waals surface area contributed by atoms with Crippen LogP contribution in [0.15, 0.2) is 24.3 Å². The second-order valence-electron chi connectivity index (χ2n) is 4.91. The molecule has 8 heteroatoms. The van der Waals surface area contributed by atoms with Crippen molar-refractivity contribution >= 4 is 5.91 Å². The zero-order valence-corrected chi connectivity index (χ0v) is 10.8. The van der Waals surface area contributed by atoms with Crippen molar-refractivity contribution in [1.82, 2.24) is 10.6 Å². The molecule has 1 atom stereocenters. The lowest BCUT2D eigenvalue weighted by Gasteiger charge is -2.12. The van der Waals surface area contributed by atoms with Crippen molar-refractivity contribution in [3.05, 3.63) is 35.4 Å². The Labute approximate surface area is 117 Å². The summed E-state index contributed by atoms with van der Waals surface area (Å²) in [6, 6.07) is 3.31. The van der Waals surface area contributed by atoms with E-state index in [0.29, 0.717) is 5.56 Å². The molecule has 1 amide bonds. The van der Waals surface area contributed by atoms with Gasteiger partial charge in [0, 0.05) is 13.0 Å². The Bertz CT molecular complexity index is 512. The lowest BCUT2D eigenvalue weighted by molar-refractivity contribution is -0.137. The summed E-state index contributed by atoms with van der Waals surface area (Å²) in [5.41, 5.74) is -0.323. The summed E-state index contributed by atoms with van der Waals surface area (Å²) in [6.07, 6.45) is -4.99. The smallest absolute Gasteiger partial charge is 0.351 e. The maximum Gasteiger partial charge on any atom is 0.416 e. The van der Waals surface area contributed by atoms with Crippen molar-refractivity contribution in [3.63, 3.8) is 0 Å². The first-order chi connectivity index (χ1) is 9.67. The highest BCUT2D eigenvalue weighted by Crippen LogP contribution is 2.29. The summed E-state index contributed by atoms with van der Waals surface area (Å²) in [5.74, 6) is -3.50. The molecular formula is C13H13F5N2O. The maximum absolute atomic E-state index is 12.9. The zero-order chi connectivity index (χ0) is 15.7. The number of nitrogens with one attached hydrogen (secondary N) is 2. The van der Waals surface area contributed by atoms with Gasteiger partial charge >= 0.3 is 6.18 Å². The molecule has 0 saturated carbocycles. The van der Waals surface area contributed by atoms with Gasteiger partial charge in [0.15, 0.2) is 0 Å². The third kappa shape index (κ3) is 4.13. The molecule has 0 bridgehead atoms. The van der Waals surface area contributed by atoms with Crippen molar-refractivity contribution in [2.75, 3.05) is 6.54 Å². The molecule has 1 fully saturated rings. The van der Waals surface area contributed by atoms with Gasteiger partial charge in [-0.05, 0) is 17.7 Å². The Morgan fingerprint density at radius 3 is 2.38 bits per heavy atom. The second-order valence-corrected chi connectivity index (χ2v) is 4.91. The Morgan fingerprint density at radius 2 is 1.90 bits per heavy atom. The summed E-state index contributed by atoms with van der Waals surface area (Å²) in [6.45, 7) is -0.563. The third-order valence-corrected chi connectivity index (χ3v) is 3.17. The van der Waals surface area contributed by atoms with E-state index in [0.717, 1.165) is 12.1 Å². The van der Waals surface area contributed by atoms with Crippen LogP contribution in [-0.2, 0) is 17.5 Å². The number of carbonyl (C=O) groups is 1. The quantitative estimate of drug-likeness (QED) is 0.842. The molecule has 1 saturated heterocycles. The average Bonchev–Trinajstić information content (AvgIpc) is 2.76. The first-order valence-electron chi connectivity index (χ1n) is 6.22. The highest BCUT2D eigenvalue weighted by atomic mass is 19.4. The third-order valence-electron chi connectivity index (χ3n) is 3.17. The van der Waals surface area contributed by atoms with Crippen LogP contribution in [-0.4, -0.2) is 24.4 Å². The van der Waals surface area contributed by atoms with Gasteiger partial charge in [-0.25, -0.2) is 8.78 Å². The van der Waals surface area contributed by atoms with E-state index in [4.69, 9.17) is 0 Å². The summed E-state index contributed by atoms with van der Waals surface area (Å²) in [5, 5.41) is 4.82. The second kappa shape index (κ2) is 5.59. The molecule has 0 aromatic heterocycles. The number of hydrogen-bond donors (Lipinski definition) is 2. The van der Waals surface area contributed by atoms with E-state index in [2.05, 4.69) is 10.6 Å². The highest BCUT2D eigenvalue weighted by Gasteiger charge is 2.42. The van der Waals surface area contributed by atoms with Crippen molar-refractivity contribution in [2.45, 2.75) is 31.1 Å². The molecule has 0 unspecified atom stereocenters. The zero-order valence-electron chi connectivity index (χ0n) is 10.8. The van der Waals surface area contributed by atoms with Gasteiger partial charge in [-0.3, -0.25) is 10.1 Å². The minimum Gasteiger partial charge on any atom is -0.351 e. The number of benzene rings is 1. The van der Waals surface area contributed by atoms with Gasteiger partial charge in [-0.15, -0.1) is 0 Å². The van der Waals surface area contributed by atoms with E-state index in [1.807, 2.05) is 0 Å². The first-order valence-corrected chi connectivity index (χ1v) is 6.22. The number of hydrogen-bond acceptors (Lipinski definition) is 2. The van der Waals surface area contributed by atoms with Crippen LogP contribution in [0.3, 0.4) is 0 Å². The molecule has 1 aliphatic rings. The Balaban J connectivity index is 1.87. The minimum absolute atomic E-state index is 0.0132. The predicted molar refractivity (Wildman–Crippen MR) is 64.6 cm³/mol. The van der Waals surface area contributed by atoms with Gasteiger partial charge < -0.3 is 5.32 Å². The number of rotatable bonds is 3. The Morgan fingerprint density at radius 1 is 1.29 bits per heavy atom. The molecule has 2 N–H and O–H groups in total. The number of halogens is 5. The molecule has 0 radical (unpaired) electrons. The van der Waals surface area contributed by atoms with Crippen LogP contribution in [0, 0.1) is 0 Å². The Kier molecular flexibility index (Phi) is 4.18. The van der Waals surface area contributed by atoms with Crippen molar-refractivity contribution in [1.29, 1.82) is 0 Å². The van der Waals surface area contributed by atoms with Crippen LogP contribution in [0.1, 0.15) is 17.5 Å². The van der Waals surface area contributed by atoms with E-state index in [9.17, 15) is 26.7 Å². The van der Waals surface area contributed by atoms with Gasteiger partial charge in [0.1, 0.15) is 0 Å². The molecule has 2 rings (SSSR count). The van der Waals surface area contributed by atoms with E-state index >= 15 is 0 Å². The van der Waals surface area contributed by atoms with Crippen molar-refractivity contribution in [2.24, 2.45) is 0 Å². The monoisotopic (exact) mass is 308 g/mol. The summed E-state index contributed by atoms with van der Waals surface area (Å²) < 4.78 is 62.9. The molecule has 1 aromatic rings. The van der Waals surface area contributed by atoms with E-state index < -0.39 is 42.6 Å². The van der Waals surface area contributed by atoms with Gasteiger partial charge in [-0.1, -0.05) is 12.1 Å². The molecule has 116 valence electrons. The summed E-state index contributed by atoms with van der Waals surface area (Å²) >= 11 is 0. The SMILES string of the molecule is O=C(NCc1ccc(C(F)(F)F)cc1)[C@H]1CC(F)(F)CN1. The van der Waals surface area contributed by atoms with Crippen LogP contribution < -0.4 is 10.6 Å².